The van der Waals surface area contributed by atoms with Crippen molar-refractivity contribution in [1.29, 1.82) is 0 Å². The Kier molecular flexibility index (Phi) is 4.37. The van der Waals surface area contributed by atoms with Crippen molar-refractivity contribution in [3.8, 4) is 0 Å². The number of hydrogen-bond acceptors (Lipinski definition) is 5. The van der Waals surface area contributed by atoms with Crippen molar-refractivity contribution in [2.45, 2.75) is 32.7 Å². The number of anilines is 1. The first-order chi connectivity index (χ1) is 10.8. The SMILES string of the molecule is CCNc1cc2c(nn1)CCN(C(=O)CCc1ccco1)C2. The number of furan rings is 1. The first-order valence-corrected chi connectivity index (χ1v) is 7.65. The maximum absolute atomic E-state index is 12.3. The topological polar surface area (TPSA) is 71.3 Å². The van der Waals surface area contributed by atoms with Gasteiger partial charge in [-0.15, -0.1) is 5.10 Å². The highest BCUT2D eigenvalue weighted by molar-refractivity contribution is 5.76. The van der Waals surface area contributed by atoms with Crippen LogP contribution in [-0.4, -0.2) is 34.1 Å². The molecule has 6 nitrogen and oxygen atoms in total. The van der Waals surface area contributed by atoms with Gasteiger partial charge in [0.1, 0.15) is 11.6 Å². The van der Waals surface area contributed by atoms with Crippen LogP contribution in [0.15, 0.2) is 28.9 Å². The number of amides is 1. The zero-order chi connectivity index (χ0) is 15.4. The molecule has 0 aliphatic carbocycles. The van der Waals surface area contributed by atoms with E-state index in [1.165, 1.54) is 0 Å². The van der Waals surface area contributed by atoms with Crippen molar-refractivity contribution in [2.24, 2.45) is 0 Å². The average molecular weight is 300 g/mol. The van der Waals surface area contributed by atoms with Crippen molar-refractivity contribution < 1.29 is 9.21 Å². The maximum atomic E-state index is 12.3. The van der Waals surface area contributed by atoms with Crippen molar-refractivity contribution in [2.75, 3.05) is 18.4 Å². The number of aromatic nitrogens is 2. The molecule has 1 N–H and O–H groups in total. The van der Waals surface area contributed by atoms with Crippen LogP contribution in [0.1, 0.15) is 30.4 Å². The number of fused-ring (bicyclic) bond motifs is 1. The van der Waals surface area contributed by atoms with Crippen LogP contribution in [0, 0.1) is 0 Å². The van der Waals surface area contributed by atoms with Gasteiger partial charge in [0.25, 0.3) is 0 Å². The van der Waals surface area contributed by atoms with Gasteiger partial charge in [0, 0.05) is 38.9 Å². The molecule has 3 heterocycles. The van der Waals surface area contributed by atoms with Crippen LogP contribution >= 0.6 is 0 Å². The molecule has 0 unspecified atom stereocenters. The number of hydrogen-bond donors (Lipinski definition) is 1. The molecule has 0 aromatic carbocycles. The quantitative estimate of drug-likeness (QED) is 0.914. The van der Waals surface area contributed by atoms with Crippen molar-refractivity contribution in [3.05, 3.63) is 41.5 Å². The largest absolute Gasteiger partial charge is 0.469 e. The summed E-state index contributed by atoms with van der Waals surface area (Å²) in [6.07, 6.45) is 3.52. The van der Waals surface area contributed by atoms with Crippen molar-refractivity contribution in [1.82, 2.24) is 15.1 Å². The van der Waals surface area contributed by atoms with Gasteiger partial charge < -0.3 is 14.6 Å². The fourth-order valence-corrected chi connectivity index (χ4v) is 2.65. The summed E-state index contributed by atoms with van der Waals surface area (Å²) in [4.78, 5) is 14.2. The lowest BCUT2D eigenvalue weighted by molar-refractivity contribution is -0.132. The summed E-state index contributed by atoms with van der Waals surface area (Å²) in [6.45, 7) is 4.14. The van der Waals surface area contributed by atoms with Gasteiger partial charge in [0.2, 0.25) is 5.91 Å². The number of nitrogens with zero attached hydrogens (tertiary/aromatic N) is 3. The van der Waals surface area contributed by atoms with E-state index < -0.39 is 0 Å². The summed E-state index contributed by atoms with van der Waals surface area (Å²) in [5.74, 6) is 1.78. The molecule has 0 saturated heterocycles. The minimum atomic E-state index is 0.156. The number of rotatable bonds is 5. The molecule has 2 aromatic heterocycles. The Morgan fingerprint density at radius 1 is 1.45 bits per heavy atom. The zero-order valence-corrected chi connectivity index (χ0v) is 12.7. The molecule has 1 amide bonds. The third-order valence-corrected chi connectivity index (χ3v) is 3.82. The van der Waals surface area contributed by atoms with E-state index in [2.05, 4.69) is 15.5 Å². The van der Waals surface area contributed by atoms with E-state index in [0.29, 0.717) is 25.9 Å². The highest BCUT2D eigenvalue weighted by atomic mass is 16.3. The molecular weight excluding hydrogens is 280 g/mol. The minimum absolute atomic E-state index is 0.156. The summed E-state index contributed by atoms with van der Waals surface area (Å²) in [6, 6.07) is 5.74. The lowest BCUT2D eigenvalue weighted by Crippen LogP contribution is -2.36. The third kappa shape index (κ3) is 3.27. The molecule has 116 valence electrons. The van der Waals surface area contributed by atoms with E-state index in [0.717, 1.165) is 35.8 Å². The summed E-state index contributed by atoms with van der Waals surface area (Å²) in [7, 11) is 0. The summed E-state index contributed by atoms with van der Waals surface area (Å²) < 4.78 is 5.27. The Morgan fingerprint density at radius 3 is 3.14 bits per heavy atom. The van der Waals surface area contributed by atoms with Gasteiger partial charge in [-0.3, -0.25) is 4.79 Å². The number of aryl methyl sites for hydroxylation is 1. The Balaban J connectivity index is 1.62. The van der Waals surface area contributed by atoms with Crippen LogP contribution < -0.4 is 5.32 Å². The molecule has 0 atom stereocenters. The van der Waals surface area contributed by atoms with Gasteiger partial charge in [0.15, 0.2) is 0 Å². The summed E-state index contributed by atoms with van der Waals surface area (Å²) in [5, 5.41) is 11.6. The first-order valence-electron chi connectivity index (χ1n) is 7.65. The van der Waals surface area contributed by atoms with Crippen LogP contribution in [0.3, 0.4) is 0 Å². The second-order valence-electron chi connectivity index (χ2n) is 5.38. The predicted octanol–water partition coefficient (Wildman–Crippen LogP) is 2.02. The fraction of sp³-hybridized carbons (Fsp3) is 0.438. The molecule has 6 heteroatoms. The predicted molar refractivity (Wildman–Crippen MR) is 82.3 cm³/mol. The molecule has 3 rings (SSSR count). The van der Waals surface area contributed by atoms with Gasteiger partial charge in [-0.25, -0.2) is 0 Å². The van der Waals surface area contributed by atoms with Crippen molar-refractivity contribution >= 4 is 11.7 Å². The molecule has 1 aliphatic rings. The Hall–Kier alpha value is -2.37. The van der Waals surface area contributed by atoms with E-state index in [1.807, 2.05) is 30.0 Å². The number of nitrogens with one attached hydrogen (secondary N) is 1. The molecule has 2 aromatic rings. The minimum Gasteiger partial charge on any atom is -0.469 e. The van der Waals surface area contributed by atoms with Crippen LogP contribution in [0.2, 0.25) is 0 Å². The molecule has 0 spiro atoms. The van der Waals surface area contributed by atoms with Crippen molar-refractivity contribution in [3.63, 3.8) is 0 Å². The fourth-order valence-electron chi connectivity index (χ4n) is 2.65. The van der Waals surface area contributed by atoms with Gasteiger partial charge in [-0.1, -0.05) is 0 Å². The van der Waals surface area contributed by atoms with Crippen LogP contribution in [0.5, 0.6) is 0 Å². The molecule has 0 fully saturated rings. The third-order valence-electron chi connectivity index (χ3n) is 3.82. The normalized spacial score (nSPS) is 13.8. The molecular formula is C16H20N4O2. The summed E-state index contributed by atoms with van der Waals surface area (Å²) in [5.41, 5.74) is 2.08. The Bertz CT molecular complexity index is 640. The summed E-state index contributed by atoms with van der Waals surface area (Å²) >= 11 is 0. The Morgan fingerprint density at radius 2 is 2.36 bits per heavy atom. The van der Waals surface area contributed by atoms with Gasteiger partial charge >= 0.3 is 0 Å². The van der Waals surface area contributed by atoms with E-state index in [4.69, 9.17) is 4.42 Å². The van der Waals surface area contributed by atoms with Gasteiger partial charge in [0.05, 0.1) is 12.0 Å². The number of carbonyl (C=O) groups is 1. The second-order valence-corrected chi connectivity index (χ2v) is 5.38. The molecule has 0 radical (unpaired) electrons. The van der Waals surface area contributed by atoms with Gasteiger partial charge in [-0.05, 0) is 30.7 Å². The Labute approximate surface area is 129 Å². The lowest BCUT2D eigenvalue weighted by Gasteiger charge is -2.28. The van der Waals surface area contributed by atoms with E-state index in [-0.39, 0.29) is 5.91 Å². The molecule has 22 heavy (non-hydrogen) atoms. The smallest absolute Gasteiger partial charge is 0.223 e. The standard InChI is InChI=1S/C16H20N4O2/c1-2-17-15-10-12-11-20(8-7-14(12)18-19-15)16(21)6-5-13-4-3-9-22-13/h3-4,9-10H,2,5-8,11H2,1H3,(H,17,19). The van der Waals surface area contributed by atoms with Crippen LogP contribution in [0.4, 0.5) is 5.82 Å². The van der Waals surface area contributed by atoms with E-state index >= 15 is 0 Å². The maximum Gasteiger partial charge on any atom is 0.223 e. The van der Waals surface area contributed by atoms with E-state index in [1.54, 1.807) is 6.26 Å². The highest BCUT2D eigenvalue weighted by Crippen LogP contribution is 2.20. The van der Waals surface area contributed by atoms with Crippen LogP contribution in [-0.2, 0) is 24.2 Å². The monoisotopic (exact) mass is 300 g/mol. The highest BCUT2D eigenvalue weighted by Gasteiger charge is 2.22. The van der Waals surface area contributed by atoms with E-state index in [9.17, 15) is 4.79 Å². The second kappa shape index (κ2) is 6.60. The average Bonchev–Trinajstić information content (AvgIpc) is 3.05. The molecule has 0 bridgehead atoms. The molecule has 0 saturated carbocycles. The zero-order valence-electron chi connectivity index (χ0n) is 12.7. The lowest BCUT2D eigenvalue weighted by atomic mass is 10.1. The first kappa shape index (κ1) is 14.6. The van der Waals surface area contributed by atoms with Gasteiger partial charge in [-0.2, -0.15) is 5.10 Å². The molecule has 1 aliphatic heterocycles. The van der Waals surface area contributed by atoms with Crippen LogP contribution in [0.25, 0.3) is 0 Å². The number of carbonyl (C=O) groups excluding carboxylic acids is 1.